The number of ketones is 1. The third-order valence-electron chi connectivity index (χ3n) is 3.72. The summed E-state index contributed by atoms with van der Waals surface area (Å²) in [6.07, 6.45) is 0. The van der Waals surface area contributed by atoms with Crippen LogP contribution < -0.4 is 9.46 Å². The topological polar surface area (TPSA) is 72.5 Å². The van der Waals surface area contributed by atoms with Gasteiger partial charge in [-0.15, -0.1) is 0 Å². The molecule has 0 aliphatic heterocycles. The van der Waals surface area contributed by atoms with Crippen molar-refractivity contribution in [3.8, 4) is 5.75 Å². The summed E-state index contributed by atoms with van der Waals surface area (Å²) in [5, 5.41) is 0. The summed E-state index contributed by atoms with van der Waals surface area (Å²) in [6.45, 7) is 4.98. The van der Waals surface area contributed by atoms with Crippen LogP contribution in [0.15, 0.2) is 41.3 Å². The Bertz CT molecular complexity index is 857. The Morgan fingerprint density at radius 2 is 1.78 bits per heavy atom. The molecule has 0 saturated carbocycles. The molecule has 5 nitrogen and oxygen atoms in total. The zero-order valence-corrected chi connectivity index (χ0v) is 14.3. The normalized spacial score (nSPS) is 11.1. The van der Waals surface area contributed by atoms with Gasteiger partial charge in [-0.1, -0.05) is 12.1 Å². The summed E-state index contributed by atoms with van der Waals surface area (Å²) >= 11 is 0. The van der Waals surface area contributed by atoms with Gasteiger partial charge in [0, 0.05) is 11.3 Å². The number of benzene rings is 2. The second kappa shape index (κ2) is 6.42. The molecule has 0 heterocycles. The lowest BCUT2D eigenvalue weighted by atomic mass is 10.1. The largest absolute Gasteiger partial charge is 0.496 e. The Labute approximate surface area is 136 Å². The molecule has 0 atom stereocenters. The molecule has 0 aromatic heterocycles. The van der Waals surface area contributed by atoms with Gasteiger partial charge in [0.25, 0.3) is 10.0 Å². The van der Waals surface area contributed by atoms with Crippen LogP contribution in [-0.2, 0) is 10.0 Å². The zero-order valence-electron chi connectivity index (χ0n) is 13.5. The van der Waals surface area contributed by atoms with Crippen molar-refractivity contribution in [3.63, 3.8) is 0 Å². The molecule has 0 aliphatic carbocycles. The summed E-state index contributed by atoms with van der Waals surface area (Å²) in [6, 6.07) is 9.55. The minimum Gasteiger partial charge on any atom is -0.496 e. The van der Waals surface area contributed by atoms with Gasteiger partial charge in [0.1, 0.15) is 5.75 Å². The number of carbonyl (C=O) groups excluding carboxylic acids is 1. The summed E-state index contributed by atoms with van der Waals surface area (Å²) in [4.78, 5) is 11.6. The standard InChI is InChI=1S/C17H19NO4S/c1-11-12(2)17(9-8-16(11)22-4)23(20,21)18-15-7-5-6-14(10-15)13(3)19/h5-10,18H,1-4H3. The van der Waals surface area contributed by atoms with Crippen LogP contribution in [-0.4, -0.2) is 21.3 Å². The first-order valence-electron chi connectivity index (χ1n) is 7.04. The predicted octanol–water partition coefficient (Wildman–Crippen LogP) is 3.32. The summed E-state index contributed by atoms with van der Waals surface area (Å²) in [5.74, 6) is 0.516. The van der Waals surface area contributed by atoms with E-state index >= 15 is 0 Å². The number of rotatable bonds is 5. The number of hydrogen-bond acceptors (Lipinski definition) is 4. The van der Waals surface area contributed by atoms with Crippen molar-refractivity contribution in [1.29, 1.82) is 0 Å². The molecule has 122 valence electrons. The van der Waals surface area contributed by atoms with E-state index in [-0.39, 0.29) is 10.7 Å². The van der Waals surface area contributed by atoms with E-state index < -0.39 is 10.0 Å². The van der Waals surface area contributed by atoms with Gasteiger partial charge in [-0.25, -0.2) is 8.42 Å². The molecule has 2 rings (SSSR count). The smallest absolute Gasteiger partial charge is 0.262 e. The molecule has 0 fully saturated rings. The number of ether oxygens (including phenoxy) is 1. The zero-order chi connectivity index (χ0) is 17.2. The number of hydrogen-bond donors (Lipinski definition) is 1. The first kappa shape index (κ1) is 17.0. The predicted molar refractivity (Wildman–Crippen MR) is 89.7 cm³/mol. The Morgan fingerprint density at radius 3 is 2.39 bits per heavy atom. The summed E-state index contributed by atoms with van der Waals surface area (Å²) < 4.78 is 33.0. The summed E-state index contributed by atoms with van der Waals surface area (Å²) in [5.41, 5.74) is 2.20. The van der Waals surface area contributed by atoms with Crippen LogP contribution in [0.5, 0.6) is 5.75 Å². The van der Waals surface area contributed by atoms with E-state index in [1.165, 1.54) is 19.1 Å². The molecule has 1 N–H and O–H groups in total. The fourth-order valence-corrected chi connectivity index (χ4v) is 3.65. The van der Waals surface area contributed by atoms with Gasteiger partial charge in [-0.3, -0.25) is 9.52 Å². The monoisotopic (exact) mass is 333 g/mol. The average molecular weight is 333 g/mol. The van der Waals surface area contributed by atoms with Crippen LogP contribution in [0.2, 0.25) is 0 Å². The highest BCUT2D eigenvalue weighted by molar-refractivity contribution is 7.92. The summed E-state index contributed by atoms with van der Waals surface area (Å²) in [7, 11) is -2.21. The van der Waals surface area contributed by atoms with E-state index in [1.54, 1.807) is 38.3 Å². The Kier molecular flexibility index (Phi) is 4.75. The quantitative estimate of drug-likeness (QED) is 0.852. The van der Waals surface area contributed by atoms with Crippen LogP contribution in [0.25, 0.3) is 0 Å². The highest BCUT2D eigenvalue weighted by Gasteiger charge is 2.20. The molecular formula is C17H19NO4S. The maximum Gasteiger partial charge on any atom is 0.262 e. The van der Waals surface area contributed by atoms with Crippen molar-refractivity contribution in [2.75, 3.05) is 11.8 Å². The van der Waals surface area contributed by atoms with E-state index in [1.807, 2.05) is 6.92 Å². The third-order valence-corrected chi connectivity index (χ3v) is 5.24. The van der Waals surface area contributed by atoms with Gasteiger partial charge in [0.15, 0.2) is 5.78 Å². The molecule has 23 heavy (non-hydrogen) atoms. The molecule has 0 radical (unpaired) electrons. The first-order valence-corrected chi connectivity index (χ1v) is 8.52. The van der Waals surface area contributed by atoms with E-state index in [4.69, 9.17) is 4.74 Å². The van der Waals surface area contributed by atoms with E-state index in [0.29, 0.717) is 22.6 Å². The lowest BCUT2D eigenvalue weighted by molar-refractivity contribution is 0.101. The molecule has 2 aromatic carbocycles. The number of anilines is 1. The van der Waals surface area contributed by atoms with Gasteiger partial charge in [0.2, 0.25) is 0 Å². The van der Waals surface area contributed by atoms with Gasteiger partial charge >= 0.3 is 0 Å². The van der Waals surface area contributed by atoms with Crippen molar-refractivity contribution in [1.82, 2.24) is 0 Å². The van der Waals surface area contributed by atoms with Crippen molar-refractivity contribution in [3.05, 3.63) is 53.1 Å². The van der Waals surface area contributed by atoms with Gasteiger partial charge in [-0.05, 0) is 56.2 Å². The van der Waals surface area contributed by atoms with Crippen LogP contribution in [0.4, 0.5) is 5.69 Å². The molecule has 0 unspecified atom stereocenters. The SMILES string of the molecule is COc1ccc(S(=O)(=O)Nc2cccc(C(C)=O)c2)c(C)c1C. The maximum atomic E-state index is 12.6. The van der Waals surface area contributed by atoms with E-state index in [0.717, 1.165) is 5.56 Å². The van der Waals surface area contributed by atoms with Crippen LogP contribution in [0.3, 0.4) is 0 Å². The number of carbonyl (C=O) groups is 1. The fourth-order valence-electron chi connectivity index (χ4n) is 2.30. The Hall–Kier alpha value is -2.34. The Morgan fingerprint density at radius 1 is 1.09 bits per heavy atom. The van der Waals surface area contributed by atoms with Crippen LogP contribution in [0, 0.1) is 13.8 Å². The molecule has 2 aromatic rings. The molecule has 6 heteroatoms. The number of Topliss-reactive ketones (excluding diaryl/α,β-unsaturated/α-hetero) is 1. The average Bonchev–Trinajstić information content (AvgIpc) is 2.49. The molecular weight excluding hydrogens is 314 g/mol. The maximum absolute atomic E-state index is 12.6. The van der Waals surface area contributed by atoms with Crippen molar-refractivity contribution in [2.24, 2.45) is 0 Å². The van der Waals surface area contributed by atoms with Crippen LogP contribution in [0.1, 0.15) is 28.4 Å². The number of methoxy groups -OCH3 is 1. The number of nitrogens with one attached hydrogen (secondary N) is 1. The number of sulfonamides is 1. The lowest BCUT2D eigenvalue weighted by Crippen LogP contribution is -2.15. The Balaban J connectivity index is 2.42. The first-order chi connectivity index (χ1) is 10.8. The van der Waals surface area contributed by atoms with Crippen molar-refractivity contribution in [2.45, 2.75) is 25.7 Å². The third kappa shape index (κ3) is 3.53. The highest BCUT2D eigenvalue weighted by atomic mass is 32.2. The van der Waals surface area contributed by atoms with Crippen molar-refractivity contribution >= 4 is 21.5 Å². The van der Waals surface area contributed by atoms with Gasteiger partial charge in [-0.2, -0.15) is 0 Å². The van der Waals surface area contributed by atoms with Gasteiger partial charge < -0.3 is 4.74 Å². The molecule has 0 amide bonds. The minimum absolute atomic E-state index is 0.123. The van der Waals surface area contributed by atoms with Crippen LogP contribution >= 0.6 is 0 Å². The molecule has 0 saturated heterocycles. The molecule has 0 bridgehead atoms. The minimum atomic E-state index is -3.75. The molecule has 0 spiro atoms. The fraction of sp³-hybridized carbons (Fsp3) is 0.235. The van der Waals surface area contributed by atoms with Crippen molar-refractivity contribution < 1.29 is 17.9 Å². The lowest BCUT2D eigenvalue weighted by Gasteiger charge is -2.14. The van der Waals surface area contributed by atoms with E-state index in [9.17, 15) is 13.2 Å². The second-order valence-electron chi connectivity index (χ2n) is 5.26. The highest BCUT2D eigenvalue weighted by Crippen LogP contribution is 2.28. The van der Waals surface area contributed by atoms with Gasteiger partial charge in [0.05, 0.1) is 12.0 Å². The second-order valence-corrected chi connectivity index (χ2v) is 6.91. The molecule has 0 aliphatic rings. The van der Waals surface area contributed by atoms with E-state index in [2.05, 4.69) is 4.72 Å².